The van der Waals surface area contributed by atoms with E-state index in [2.05, 4.69) is 15.2 Å². The number of benzene rings is 2. The van der Waals surface area contributed by atoms with Gasteiger partial charge in [-0.25, -0.2) is 4.98 Å². The van der Waals surface area contributed by atoms with Crippen LogP contribution >= 0.6 is 0 Å². The summed E-state index contributed by atoms with van der Waals surface area (Å²) in [6.45, 7) is 0. The van der Waals surface area contributed by atoms with E-state index in [1.165, 1.54) is 0 Å². The second-order valence-corrected chi connectivity index (χ2v) is 5.30. The van der Waals surface area contributed by atoms with Crippen LogP contribution in [0.25, 0.3) is 33.9 Å². The molecule has 4 rings (SSSR count). The molecule has 2 aromatic heterocycles. The molecular weight excluding hydrogens is 296 g/mol. The van der Waals surface area contributed by atoms with E-state index in [-0.39, 0.29) is 0 Å². The Labute approximate surface area is 139 Å². The number of rotatable bonds is 3. The molecule has 0 aliphatic carbocycles. The average molecular weight is 310 g/mol. The Morgan fingerprint density at radius 3 is 1.75 bits per heavy atom. The van der Waals surface area contributed by atoms with Crippen molar-refractivity contribution >= 4 is 0 Å². The van der Waals surface area contributed by atoms with Gasteiger partial charge in [0.25, 0.3) is 0 Å². The fourth-order valence-electron chi connectivity index (χ4n) is 2.54. The second-order valence-electron chi connectivity index (χ2n) is 5.30. The Hall–Kier alpha value is -3.40. The van der Waals surface area contributed by atoms with Crippen LogP contribution in [0.2, 0.25) is 0 Å². The van der Waals surface area contributed by atoms with Crippen molar-refractivity contribution in [2.45, 2.75) is 0 Å². The molecule has 0 bridgehead atoms. The lowest BCUT2D eigenvalue weighted by Crippen LogP contribution is -2.00. The molecule has 0 radical (unpaired) electrons. The Bertz CT molecular complexity index is 939. The van der Waals surface area contributed by atoms with Crippen LogP contribution < -0.4 is 0 Å². The molecule has 0 atom stereocenters. The van der Waals surface area contributed by atoms with E-state index in [1.807, 2.05) is 72.8 Å². The van der Waals surface area contributed by atoms with E-state index < -0.39 is 0 Å². The normalized spacial score (nSPS) is 10.5. The van der Waals surface area contributed by atoms with Crippen molar-refractivity contribution in [2.24, 2.45) is 0 Å². The van der Waals surface area contributed by atoms with E-state index >= 15 is 0 Å². The number of hydrogen-bond donors (Lipinski definition) is 0. The largest absolute Gasteiger partial charge is 0.265 e. The first-order valence-corrected chi connectivity index (χ1v) is 7.68. The van der Waals surface area contributed by atoms with E-state index in [4.69, 9.17) is 4.98 Å². The van der Waals surface area contributed by atoms with Gasteiger partial charge in [-0.3, -0.25) is 4.98 Å². The van der Waals surface area contributed by atoms with Crippen molar-refractivity contribution in [2.75, 3.05) is 0 Å². The minimum atomic E-state index is 0.613. The summed E-state index contributed by atoms with van der Waals surface area (Å²) >= 11 is 0. The summed E-state index contributed by atoms with van der Waals surface area (Å²) in [6, 6.07) is 23.7. The molecule has 0 unspecified atom stereocenters. The maximum absolute atomic E-state index is 4.79. The Morgan fingerprint density at radius 1 is 0.500 bits per heavy atom. The molecule has 0 amide bonds. The summed E-state index contributed by atoms with van der Waals surface area (Å²) in [7, 11) is 0. The molecular formula is C20H14N4. The third-order valence-corrected chi connectivity index (χ3v) is 3.72. The predicted molar refractivity (Wildman–Crippen MR) is 93.9 cm³/mol. The van der Waals surface area contributed by atoms with Gasteiger partial charge in [0.1, 0.15) is 11.4 Å². The monoisotopic (exact) mass is 310 g/mol. The van der Waals surface area contributed by atoms with Crippen LogP contribution in [0.3, 0.4) is 0 Å². The highest BCUT2D eigenvalue weighted by atomic mass is 15.2. The highest BCUT2D eigenvalue weighted by Gasteiger charge is 2.14. The molecule has 24 heavy (non-hydrogen) atoms. The zero-order chi connectivity index (χ0) is 16.2. The molecule has 0 aliphatic rings. The lowest BCUT2D eigenvalue weighted by molar-refractivity contribution is 0.991. The molecule has 0 fully saturated rings. The summed E-state index contributed by atoms with van der Waals surface area (Å²) < 4.78 is 0. The van der Waals surface area contributed by atoms with Crippen molar-refractivity contribution in [1.82, 2.24) is 20.2 Å². The molecule has 2 aromatic carbocycles. The van der Waals surface area contributed by atoms with Crippen LogP contribution in [0.5, 0.6) is 0 Å². The van der Waals surface area contributed by atoms with Crippen LogP contribution in [0, 0.1) is 0 Å². The summed E-state index contributed by atoms with van der Waals surface area (Å²) in [4.78, 5) is 8.88. The average Bonchev–Trinajstić information content (AvgIpc) is 2.69. The fourth-order valence-corrected chi connectivity index (χ4v) is 2.54. The van der Waals surface area contributed by atoms with Crippen molar-refractivity contribution < 1.29 is 0 Å². The molecule has 0 spiro atoms. The van der Waals surface area contributed by atoms with Gasteiger partial charge in [0, 0.05) is 29.1 Å². The van der Waals surface area contributed by atoms with Gasteiger partial charge >= 0.3 is 0 Å². The Kier molecular flexibility index (Phi) is 3.78. The van der Waals surface area contributed by atoms with Gasteiger partial charge in [-0.2, -0.15) is 0 Å². The van der Waals surface area contributed by atoms with Gasteiger partial charge in [0.15, 0.2) is 5.82 Å². The van der Waals surface area contributed by atoms with Gasteiger partial charge < -0.3 is 0 Å². The summed E-state index contributed by atoms with van der Waals surface area (Å²) in [6.07, 6.45) is 3.52. The number of nitrogens with zero attached hydrogens (tertiary/aromatic N) is 4. The van der Waals surface area contributed by atoms with E-state index in [0.29, 0.717) is 5.82 Å². The first kappa shape index (κ1) is 14.2. The second kappa shape index (κ2) is 6.38. The summed E-state index contributed by atoms with van der Waals surface area (Å²) in [5.41, 5.74) is 4.47. The molecule has 0 N–H and O–H groups in total. The summed E-state index contributed by atoms with van der Waals surface area (Å²) in [5.74, 6) is 0.613. The van der Waals surface area contributed by atoms with Crippen LogP contribution in [-0.2, 0) is 0 Å². The van der Waals surface area contributed by atoms with Gasteiger partial charge in [-0.15, -0.1) is 10.2 Å². The maximum Gasteiger partial charge on any atom is 0.182 e. The van der Waals surface area contributed by atoms with Crippen LogP contribution in [0.4, 0.5) is 0 Å². The number of hydrogen-bond acceptors (Lipinski definition) is 4. The van der Waals surface area contributed by atoms with E-state index in [1.54, 1.807) is 12.4 Å². The van der Waals surface area contributed by atoms with Gasteiger partial charge in [-0.05, 0) is 12.1 Å². The van der Waals surface area contributed by atoms with Crippen molar-refractivity contribution in [3.63, 3.8) is 0 Å². The molecule has 4 aromatic rings. The Morgan fingerprint density at radius 2 is 1.08 bits per heavy atom. The molecule has 0 saturated heterocycles. The SMILES string of the molecule is c1ccc(-c2nnc(-c3ccccc3)c(-c3ccncc3)n2)cc1. The molecule has 4 nitrogen and oxygen atoms in total. The molecule has 0 saturated carbocycles. The first-order chi connectivity index (χ1) is 11.9. The lowest BCUT2D eigenvalue weighted by Gasteiger charge is -2.09. The highest BCUT2D eigenvalue weighted by Crippen LogP contribution is 2.29. The molecule has 0 aliphatic heterocycles. The lowest BCUT2D eigenvalue weighted by atomic mass is 10.1. The predicted octanol–water partition coefficient (Wildman–Crippen LogP) is 4.27. The topological polar surface area (TPSA) is 51.6 Å². The van der Waals surface area contributed by atoms with Crippen molar-refractivity contribution in [1.29, 1.82) is 0 Å². The quantitative estimate of drug-likeness (QED) is 0.567. The fraction of sp³-hybridized carbons (Fsp3) is 0. The molecule has 114 valence electrons. The highest BCUT2D eigenvalue weighted by molar-refractivity contribution is 5.78. The smallest absolute Gasteiger partial charge is 0.182 e. The molecule has 2 heterocycles. The minimum Gasteiger partial charge on any atom is -0.265 e. The van der Waals surface area contributed by atoms with Crippen molar-refractivity contribution in [3.05, 3.63) is 85.2 Å². The van der Waals surface area contributed by atoms with Gasteiger partial charge in [0.05, 0.1) is 0 Å². The minimum absolute atomic E-state index is 0.613. The third-order valence-electron chi connectivity index (χ3n) is 3.72. The zero-order valence-electron chi connectivity index (χ0n) is 12.9. The number of aromatic nitrogens is 4. The van der Waals surface area contributed by atoms with Gasteiger partial charge in [0.2, 0.25) is 0 Å². The maximum atomic E-state index is 4.79. The van der Waals surface area contributed by atoms with Crippen LogP contribution in [-0.4, -0.2) is 20.2 Å². The Balaban J connectivity index is 1.92. The molecule has 4 heteroatoms. The van der Waals surface area contributed by atoms with E-state index in [9.17, 15) is 0 Å². The third kappa shape index (κ3) is 2.77. The van der Waals surface area contributed by atoms with Crippen LogP contribution in [0.1, 0.15) is 0 Å². The first-order valence-electron chi connectivity index (χ1n) is 7.68. The zero-order valence-corrected chi connectivity index (χ0v) is 12.9. The van der Waals surface area contributed by atoms with E-state index in [0.717, 1.165) is 28.1 Å². The van der Waals surface area contributed by atoms with Crippen LogP contribution in [0.15, 0.2) is 85.2 Å². The number of pyridine rings is 1. The van der Waals surface area contributed by atoms with Crippen molar-refractivity contribution in [3.8, 4) is 33.9 Å². The summed E-state index contributed by atoms with van der Waals surface area (Å²) in [5, 5.41) is 8.80. The van der Waals surface area contributed by atoms with Gasteiger partial charge in [-0.1, -0.05) is 60.7 Å². The standard InChI is InChI=1S/C20H14N4/c1-3-7-15(8-4-1)19-18(16-11-13-21-14-12-16)22-20(24-23-19)17-9-5-2-6-10-17/h1-14H.